The number of hydrogen-bond acceptors (Lipinski definition) is 5. The van der Waals surface area contributed by atoms with E-state index in [2.05, 4.69) is 10.2 Å². The Bertz CT molecular complexity index is 504. The molecule has 16 heavy (non-hydrogen) atoms. The molecule has 2 aromatic rings. The van der Waals surface area contributed by atoms with E-state index in [1.54, 1.807) is 12.1 Å². The quantitative estimate of drug-likeness (QED) is 0.583. The van der Waals surface area contributed by atoms with Gasteiger partial charge in [0.1, 0.15) is 0 Å². The van der Waals surface area contributed by atoms with Crippen LogP contribution in [0.5, 0.6) is 0 Å². The molecule has 6 nitrogen and oxygen atoms in total. The van der Waals surface area contributed by atoms with Crippen LogP contribution in [-0.2, 0) is 6.42 Å². The van der Waals surface area contributed by atoms with Gasteiger partial charge in [0.15, 0.2) is 0 Å². The standard InChI is InChI=1S/C10H9N3O3/c1-2-9-11-12-10(16-9)7-3-5-8(6-4-7)13(14)15/h3-6H,2H2,1H3. The Labute approximate surface area is 91.1 Å². The van der Waals surface area contributed by atoms with E-state index in [0.29, 0.717) is 23.8 Å². The number of non-ortho nitro benzene ring substituents is 1. The van der Waals surface area contributed by atoms with Gasteiger partial charge in [-0.1, -0.05) is 6.92 Å². The van der Waals surface area contributed by atoms with Crippen LogP contribution in [0.4, 0.5) is 5.69 Å². The van der Waals surface area contributed by atoms with Gasteiger partial charge in [0.25, 0.3) is 5.69 Å². The number of nitro benzene ring substituents is 1. The summed E-state index contributed by atoms with van der Waals surface area (Å²) < 4.78 is 5.33. The van der Waals surface area contributed by atoms with Crippen LogP contribution in [-0.4, -0.2) is 15.1 Å². The van der Waals surface area contributed by atoms with Gasteiger partial charge in [0.2, 0.25) is 11.8 Å². The maximum absolute atomic E-state index is 10.5. The summed E-state index contributed by atoms with van der Waals surface area (Å²) in [5.41, 5.74) is 0.719. The summed E-state index contributed by atoms with van der Waals surface area (Å²) >= 11 is 0. The average molecular weight is 219 g/mol. The van der Waals surface area contributed by atoms with Crippen LogP contribution in [0.3, 0.4) is 0 Å². The summed E-state index contributed by atoms with van der Waals surface area (Å²) in [6.45, 7) is 1.91. The molecular formula is C10H9N3O3. The van der Waals surface area contributed by atoms with Crippen LogP contribution >= 0.6 is 0 Å². The smallest absolute Gasteiger partial charge is 0.269 e. The second-order valence-corrected chi connectivity index (χ2v) is 3.16. The zero-order chi connectivity index (χ0) is 11.5. The summed E-state index contributed by atoms with van der Waals surface area (Å²) in [6, 6.07) is 5.99. The van der Waals surface area contributed by atoms with Crippen molar-refractivity contribution in [3.63, 3.8) is 0 Å². The molecule has 0 unspecified atom stereocenters. The molecule has 2 rings (SSSR count). The highest BCUT2D eigenvalue weighted by atomic mass is 16.6. The Morgan fingerprint density at radius 1 is 1.31 bits per heavy atom. The zero-order valence-corrected chi connectivity index (χ0v) is 8.58. The first-order valence-corrected chi connectivity index (χ1v) is 4.78. The van der Waals surface area contributed by atoms with Crippen LogP contribution in [0.2, 0.25) is 0 Å². The van der Waals surface area contributed by atoms with Gasteiger partial charge in [-0.25, -0.2) is 0 Å². The number of aromatic nitrogens is 2. The molecule has 1 aromatic carbocycles. The third-order valence-corrected chi connectivity index (χ3v) is 2.09. The third kappa shape index (κ3) is 1.90. The normalized spacial score (nSPS) is 10.3. The second-order valence-electron chi connectivity index (χ2n) is 3.16. The van der Waals surface area contributed by atoms with Crippen molar-refractivity contribution < 1.29 is 9.34 Å². The van der Waals surface area contributed by atoms with E-state index in [9.17, 15) is 10.1 Å². The summed E-state index contributed by atoms with van der Waals surface area (Å²) in [5.74, 6) is 0.931. The van der Waals surface area contributed by atoms with Gasteiger partial charge >= 0.3 is 0 Å². The van der Waals surface area contributed by atoms with Gasteiger partial charge in [0.05, 0.1) is 4.92 Å². The Morgan fingerprint density at radius 2 is 2.00 bits per heavy atom. The van der Waals surface area contributed by atoms with E-state index in [-0.39, 0.29) is 5.69 Å². The van der Waals surface area contributed by atoms with Crippen molar-refractivity contribution in [3.05, 3.63) is 40.3 Å². The molecule has 0 bridgehead atoms. The number of nitro groups is 1. The van der Waals surface area contributed by atoms with E-state index in [4.69, 9.17) is 4.42 Å². The van der Waals surface area contributed by atoms with Gasteiger partial charge in [-0.15, -0.1) is 10.2 Å². The highest BCUT2D eigenvalue weighted by Crippen LogP contribution is 2.21. The van der Waals surface area contributed by atoms with E-state index >= 15 is 0 Å². The van der Waals surface area contributed by atoms with Gasteiger partial charge in [-0.3, -0.25) is 10.1 Å². The first kappa shape index (κ1) is 10.3. The van der Waals surface area contributed by atoms with Gasteiger partial charge < -0.3 is 4.42 Å². The van der Waals surface area contributed by atoms with Gasteiger partial charge in [0, 0.05) is 24.1 Å². The van der Waals surface area contributed by atoms with E-state index < -0.39 is 4.92 Å². The van der Waals surface area contributed by atoms with Gasteiger partial charge in [-0.05, 0) is 12.1 Å². The van der Waals surface area contributed by atoms with Gasteiger partial charge in [-0.2, -0.15) is 0 Å². The first-order chi connectivity index (χ1) is 7.70. The Hall–Kier alpha value is -2.24. The molecule has 0 spiro atoms. The molecule has 82 valence electrons. The molecule has 0 aliphatic carbocycles. The van der Waals surface area contributed by atoms with Crippen molar-refractivity contribution in [1.82, 2.24) is 10.2 Å². The average Bonchev–Trinajstić information content (AvgIpc) is 2.77. The van der Waals surface area contributed by atoms with Crippen molar-refractivity contribution in [1.29, 1.82) is 0 Å². The molecule has 0 aliphatic heterocycles. The molecular weight excluding hydrogens is 210 g/mol. The molecule has 0 N–H and O–H groups in total. The second kappa shape index (κ2) is 4.09. The van der Waals surface area contributed by atoms with E-state index in [1.165, 1.54) is 12.1 Å². The molecule has 0 radical (unpaired) electrons. The number of benzene rings is 1. The molecule has 0 fully saturated rings. The van der Waals surface area contributed by atoms with Crippen molar-refractivity contribution in [2.75, 3.05) is 0 Å². The molecule has 0 saturated carbocycles. The van der Waals surface area contributed by atoms with Crippen molar-refractivity contribution in [2.24, 2.45) is 0 Å². The lowest BCUT2D eigenvalue weighted by molar-refractivity contribution is -0.384. The lowest BCUT2D eigenvalue weighted by Crippen LogP contribution is -1.87. The topological polar surface area (TPSA) is 82.1 Å². The molecule has 0 atom stereocenters. The highest BCUT2D eigenvalue weighted by Gasteiger charge is 2.09. The lowest BCUT2D eigenvalue weighted by atomic mass is 10.2. The highest BCUT2D eigenvalue weighted by molar-refractivity contribution is 5.55. The SMILES string of the molecule is CCc1nnc(-c2ccc([N+](=O)[O-])cc2)o1. The summed E-state index contributed by atoms with van der Waals surface area (Å²) in [7, 11) is 0. The number of hydrogen-bond donors (Lipinski definition) is 0. The fraction of sp³-hybridized carbons (Fsp3) is 0.200. The van der Waals surface area contributed by atoms with Crippen molar-refractivity contribution >= 4 is 5.69 Å². The molecule has 1 heterocycles. The summed E-state index contributed by atoms with van der Waals surface area (Å²) in [4.78, 5) is 10.0. The largest absolute Gasteiger partial charge is 0.421 e. The first-order valence-electron chi connectivity index (χ1n) is 4.78. The van der Waals surface area contributed by atoms with Crippen molar-refractivity contribution in [2.45, 2.75) is 13.3 Å². The fourth-order valence-corrected chi connectivity index (χ4v) is 1.24. The molecule has 0 amide bonds. The maximum atomic E-state index is 10.5. The minimum Gasteiger partial charge on any atom is -0.421 e. The van der Waals surface area contributed by atoms with Crippen LogP contribution in [0.15, 0.2) is 28.7 Å². The Kier molecular flexibility index (Phi) is 2.63. The fourth-order valence-electron chi connectivity index (χ4n) is 1.24. The number of nitrogens with zero attached hydrogens (tertiary/aromatic N) is 3. The molecule has 1 aromatic heterocycles. The predicted molar refractivity (Wildman–Crippen MR) is 55.8 cm³/mol. The monoisotopic (exact) mass is 219 g/mol. The summed E-state index contributed by atoms with van der Waals surface area (Å²) in [5, 5.41) is 18.1. The van der Waals surface area contributed by atoms with Crippen LogP contribution in [0.25, 0.3) is 11.5 Å². The summed E-state index contributed by atoms with van der Waals surface area (Å²) in [6.07, 6.45) is 0.667. The Balaban J connectivity index is 2.30. The van der Waals surface area contributed by atoms with Crippen molar-refractivity contribution in [3.8, 4) is 11.5 Å². The van der Waals surface area contributed by atoms with Crippen LogP contribution < -0.4 is 0 Å². The minimum absolute atomic E-state index is 0.0407. The molecule has 6 heteroatoms. The lowest BCUT2D eigenvalue weighted by Gasteiger charge is -1.94. The molecule has 0 aliphatic rings. The van der Waals surface area contributed by atoms with E-state index in [0.717, 1.165) is 0 Å². The van der Waals surface area contributed by atoms with Crippen LogP contribution in [0, 0.1) is 10.1 Å². The minimum atomic E-state index is -0.449. The maximum Gasteiger partial charge on any atom is 0.269 e. The zero-order valence-electron chi connectivity index (χ0n) is 8.58. The van der Waals surface area contributed by atoms with Crippen LogP contribution in [0.1, 0.15) is 12.8 Å². The number of rotatable bonds is 3. The predicted octanol–water partition coefficient (Wildman–Crippen LogP) is 2.21. The van der Waals surface area contributed by atoms with E-state index in [1.807, 2.05) is 6.92 Å². The molecule has 0 saturated heterocycles. The Morgan fingerprint density at radius 3 is 2.50 bits per heavy atom. The number of aryl methyl sites for hydroxylation is 1. The third-order valence-electron chi connectivity index (χ3n) is 2.09.